The van der Waals surface area contributed by atoms with E-state index in [1.54, 1.807) is 0 Å². The van der Waals surface area contributed by atoms with E-state index in [1.807, 2.05) is 63.2 Å². The number of nitriles is 1. The van der Waals surface area contributed by atoms with Crippen LogP contribution in [0.1, 0.15) is 16.8 Å². The van der Waals surface area contributed by atoms with Crippen molar-refractivity contribution in [1.82, 2.24) is 4.98 Å². The molecule has 0 spiro atoms. The van der Waals surface area contributed by atoms with E-state index in [2.05, 4.69) is 16.4 Å². The fraction of sp³-hybridized carbons (Fsp3) is 0.278. The second-order valence-corrected chi connectivity index (χ2v) is 6.61. The maximum absolute atomic E-state index is 12.1. The Morgan fingerprint density at radius 1 is 1.29 bits per heavy atom. The molecule has 0 aliphatic heterocycles. The average Bonchev–Trinajstić information content (AvgIpc) is 2.53. The number of hydrogen-bond donors (Lipinski definition) is 1. The Kier molecular flexibility index (Phi) is 5.83. The van der Waals surface area contributed by atoms with Gasteiger partial charge >= 0.3 is 0 Å². The van der Waals surface area contributed by atoms with Gasteiger partial charge in [-0.15, -0.1) is 0 Å². The van der Waals surface area contributed by atoms with Crippen LogP contribution in [0, 0.1) is 25.2 Å². The standard InChI is InChI=1S/C18H20N4OS/c1-12-9-13(2)20-18(16(12)10-19)24-11-17(23)21-14-5-7-15(8-6-14)22(3)4/h5-9H,11H2,1-4H3,(H,21,23). The summed E-state index contributed by atoms with van der Waals surface area (Å²) >= 11 is 1.28. The molecule has 0 aliphatic rings. The first-order valence-electron chi connectivity index (χ1n) is 7.49. The Bertz CT molecular complexity index is 779. The summed E-state index contributed by atoms with van der Waals surface area (Å²) in [5, 5.41) is 12.7. The van der Waals surface area contributed by atoms with Crippen LogP contribution in [0.15, 0.2) is 35.4 Å². The van der Waals surface area contributed by atoms with Crippen LogP contribution >= 0.6 is 11.8 Å². The van der Waals surface area contributed by atoms with E-state index in [0.29, 0.717) is 10.6 Å². The number of nitrogens with one attached hydrogen (secondary N) is 1. The van der Waals surface area contributed by atoms with Crippen molar-refractivity contribution in [1.29, 1.82) is 5.26 Å². The maximum Gasteiger partial charge on any atom is 0.234 e. The molecule has 0 atom stereocenters. The number of aryl methyl sites for hydroxylation is 2. The zero-order chi connectivity index (χ0) is 17.7. The maximum atomic E-state index is 12.1. The van der Waals surface area contributed by atoms with Gasteiger partial charge < -0.3 is 10.2 Å². The summed E-state index contributed by atoms with van der Waals surface area (Å²) in [4.78, 5) is 18.5. The van der Waals surface area contributed by atoms with Crippen molar-refractivity contribution in [3.63, 3.8) is 0 Å². The third-order valence-corrected chi connectivity index (χ3v) is 4.41. The van der Waals surface area contributed by atoms with E-state index in [9.17, 15) is 10.1 Å². The largest absolute Gasteiger partial charge is 0.378 e. The Hall–Kier alpha value is -2.52. The van der Waals surface area contributed by atoms with Crippen molar-refractivity contribution in [2.24, 2.45) is 0 Å². The van der Waals surface area contributed by atoms with Crippen LogP contribution in [-0.2, 0) is 4.79 Å². The molecule has 1 aromatic heterocycles. The number of rotatable bonds is 5. The topological polar surface area (TPSA) is 69.0 Å². The molecule has 0 aliphatic carbocycles. The van der Waals surface area contributed by atoms with Gasteiger partial charge in [-0.1, -0.05) is 11.8 Å². The van der Waals surface area contributed by atoms with Crippen LogP contribution in [0.2, 0.25) is 0 Å². The summed E-state index contributed by atoms with van der Waals surface area (Å²) in [5.41, 5.74) is 4.08. The zero-order valence-corrected chi connectivity index (χ0v) is 15.1. The number of carbonyl (C=O) groups is 1. The number of benzene rings is 1. The molecule has 1 N–H and O–H groups in total. The molecular formula is C18H20N4OS. The minimum Gasteiger partial charge on any atom is -0.378 e. The lowest BCUT2D eigenvalue weighted by Gasteiger charge is -2.13. The van der Waals surface area contributed by atoms with Gasteiger partial charge in [0, 0.05) is 31.2 Å². The fourth-order valence-electron chi connectivity index (χ4n) is 2.22. The Morgan fingerprint density at radius 2 is 1.96 bits per heavy atom. The molecule has 24 heavy (non-hydrogen) atoms. The highest BCUT2D eigenvalue weighted by atomic mass is 32.2. The highest BCUT2D eigenvalue weighted by Crippen LogP contribution is 2.24. The van der Waals surface area contributed by atoms with Gasteiger partial charge in [-0.3, -0.25) is 4.79 Å². The molecule has 0 saturated heterocycles. The summed E-state index contributed by atoms with van der Waals surface area (Å²) in [6.45, 7) is 3.76. The average molecular weight is 340 g/mol. The second kappa shape index (κ2) is 7.84. The molecule has 0 saturated carbocycles. The molecule has 124 valence electrons. The number of aromatic nitrogens is 1. The minimum absolute atomic E-state index is 0.123. The van der Waals surface area contributed by atoms with Crippen LogP contribution in [0.4, 0.5) is 11.4 Å². The number of thioether (sulfide) groups is 1. The van der Waals surface area contributed by atoms with E-state index >= 15 is 0 Å². The van der Waals surface area contributed by atoms with Crippen molar-refractivity contribution in [2.45, 2.75) is 18.9 Å². The Morgan fingerprint density at radius 3 is 2.54 bits per heavy atom. The zero-order valence-electron chi connectivity index (χ0n) is 14.3. The molecular weight excluding hydrogens is 320 g/mol. The Labute approximate surface area is 146 Å². The van der Waals surface area contributed by atoms with Crippen LogP contribution < -0.4 is 10.2 Å². The monoisotopic (exact) mass is 340 g/mol. The molecule has 0 radical (unpaired) electrons. The summed E-state index contributed by atoms with van der Waals surface area (Å²) in [6.07, 6.45) is 0. The van der Waals surface area contributed by atoms with E-state index < -0.39 is 0 Å². The molecule has 5 nitrogen and oxygen atoms in total. The smallest absolute Gasteiger partial charge is 0.234 e. The van der Waals surface area contributed by atoms with E-state index in [4.69, 9.17) is 0 Å². The van der Waals surface area contributed by atoms with Crippen LogP contribution in [0.5, 0.6) is 0 Å². The fourth-order valence-corrected chi connectivity index (χ4v) is 3.12. The van der Waals surface area contributed by atoms with Gasteiger partial charge in [0.2, 0.25) is 5.91 Å². The van der Waals surface area contributed by atoms with E-state index in [-0.39, 0.29) is 11.7 Å². The van der Waals surface area contributed by atoms with Crippen molar-refractivity contribution in [2.75, 3.05) is 30.1 Å². The van der Waals surface area contributed by atoms with E-state index in [1.165, 1.54) is 11.8 Å². The molecule has 0 unspecified atom stereocenters. The molecule has 0 fully saturated rings. The second-order valence-electron chi connectivity index (χ2n) is 5.65. The number of nitrogens with zero attached hydrogens (tertiary/aromatic N) is 3. The summed E-state index contributed by atoms with van der Waals surface area (Å²) < 4.78 is 0. The van der Waals surface area contributed by atoms with Gasteiger partial charge in [0.1, 0.15) is 11.1 Å². The number of anilines is 2. The molecule has 2 rings (SSSR count). The molecule has 6 heteroatoms. The third kappa shape index (κ3) is 4.49. The lowest BCUT2D eigenvalue weighted by Crippen LogP contribution is -2.15. The molecule has 1 aromatic carbocycles. The van der Waals surface area contributed by atoms with Crippen LogP contribution in [0.25, 0.3) is 0 Å². The molecule has 1 amide bonds. The van der Waals surface area contributed by atoms with Gasteiger partial charge in [0.15, 0.2) is 0 Å². The predicted molar refractivity (Wildman–Crippen MR) is 98.5 cm³/mol. The highest BCUT2D eigenvalue weighted by Gasteiger charge is 2.11. The first-order chi connectivity index (χ1) is 11.4. The predicted octanol–water partition coefficient (Wildman–Crippen LogP) is 3.37. The summed E-state index contributed by atoms with van der Waals surface area (Å²) in [5.74, 6) is 0.0856. The van der Waals surface area contributed by atoms with Gasteiger partial charge in [-0.2, -0.15) is 5.26 Å². The third-order valence-electron chi connectivity index (χ3n) is 3.43. The Balaban J connectivity index is 2.00. The van der Waals surface area contributed by atoms with Crippen LogP contribution in [0.3, 0.4) is 0 Å². The first kappa shape index (κ1) is 17.8. The van der Waals surface area contributed by atoms with Crippen molar-refractivity contribution < 1.29 is 4.79 Å². The van der Waals surface area contributed by atoms with Crippen molar-refractivity contribution in [3.8, 4) is 6.07 Å². The number of pyridine rings is 1. The number of hydrogen-bond acceptors (Lipinski definition) is 5. The molecule has 0 bridgehead atoms. The first-order valence-corrected chi connectivity index (χ1v) is 8.47. The number of amides is 1. The molecule has 2 aromatic rings. The quantitative estimate of drug-likeness (QED) is 0.845. The summed E-state index contributed by atoms with van der Waals surface area (Å²) in [7, 11) is 3.93. The normalized spacial score (nSPS) is 10.1. The van der Waals surface area contributed by atoms with Crippen molar-refractivity contribution >= 4 is 29.0 Å². The van der Waals surface area contributed by atoms with Gasteiger partial charge in [0.25, 0.3) is 0 Å². The van der Waals surface area contributed by atoms with Gasteiger partial charge in [0.05, 0.1) is 11.3 Å². The lowest BCUT2D eigenvalue weighted by molar-refractivity contribution is -0.113. The van der Waals surface area contributed by atoms with Crippen LogP contribution in [-0.4, -0.2) is 30.7 Å². The van der Waals surface area contributed by atoms with Gasteiger partial charge in [-0.05, 0) is 49.7 Å². The van der Waals surface area contributed by atoms with E-state index in [0.717, 1.165) is 22.6 Å². The SMILES string of the molecule is Cc1cc(C)c(C#N)c(SCC(=O)Nc2ccc(N(C)C)cc2)n1. The van der Waals surface area contributed by atoms with Gasteiger partial charge in [-0.25, -0.2) is 4.98 Å². The lowest BCUT2D eigenvalue weighted by atomic mass is 10.1. The summed E-state index contributed by atoms with van der Waals surface area (Å²) in [6, 6.07) is 11.7. The number of carbonyl (C=O) groups excluding carboxylic acids is 1. The molecule has 1 heterocycles. The van der Waals surface area contributed by atoms with Crippen molar-refractivity contribution in [3.05, 3.63) is 47.2 Å². The minimum atomic E-state index is -0.123. The highest BCUT2D eigenvalue weighted by molar-refractivity contribution is 8.00.